The summed E-state index contributed by atoms with van der Waals surface area (Å²) in [6, 6.07) is 10.6. The van der Waals surface area contributed by atoms with E-state index in [9.17, 15) is 22.8 Å². The molecule has 1 aliphatic heterocycles. The lowest BCUT2D eigenvalue weighted by Gasteiger charge is -2.13. The van der Waals surface area contributed by atoms with E-state index in [1.165, 1.54) is 43.5 Å². The van der Waals surface area contributed by atoms with E-state index in [0.717, 1.165) is 10.5 Å². The fourth-order valence-electron chi connectivity index (χ4n) is 2.93. The number of amides is 2. The fraction of sp³-hybridized carbons (Fsp3) is 0.261. The molecule has 1 saturated heterocycles. The number of aryl methyl sites for hydroxylation is 1. The van der Waals surface area contributed by atoms with Gasteiger partial charge in [-0.1, -0.05) is 23.8 Å². The first-order valence-corrected chi connectivity index (χ1v) is 12.4. The van der Waals surface area contributed by atoms with Gasteiger partial charge in [0.2, 0.25) is 0 Å². The molecule has 2 aromatic carbocycles. The van der Waals surface area contributed by atoms with Crippen molar-refractivity contribution < 1.29 is 36.5 Å². The molecular weight excluding hydrogens is 482 g/mol. The van der Waals surface area contributed by atoms with E-state index < -0.39 is 33.8 Å². The van der Waals surface area contributed by atoms with Crippen LogP contribution in [0.4, 0.5) is 4.79 Å². The van der Waals surface area contributed by atoms with Gasteiger partial charge < -0.3 is 13.7 Å². The van der Waals surface area contributed by atoms with Crippen molar-refractivity contribution in [2.24, 2.45) is 0 Å². The number of carbonyl (C=O) groups excluding carboxylic acids is 3. The van der Waals surface area contributed by atoms with Gasteiger partial charge in [-0.3, -0.25) is 19.3 Å². The van der Waals surface area contributed by atoms with Crippen molar-refractivity contribution in [2.45, 2.75) is 31.8 Å². The number of hydrogen-bond donors (Lipinski definition) is 0. The summed E-state index contributed by atoms with van der Waals surface area (Å²) in [5.41, 5.74) is 1.37. The Morgan fingerprint density at radius 3 is 2.38 bits per heavy atom. The third kappa shape index (κ3) is 5.97. The van der Waals surface area contributed by atoms with E-state index in [0.29, 0.717) is 17.3 Å². The summed E-state index contributed by atoms with van der Waals surface area (Å²) >= 11 is 0.686. The van der Waals surface area contributed by atoms with Crippen molar-refractivity contribution in [1.82, 2.24) is 4.90 Å². The predicted octanol–water partition coefficient (Wildman–Crippen LogP) is 3.76. The maximum Gasteiger partial charge on any atom is 0.339 e. The lowest BCUT2D eigenvalue weighted by Crippen LogP contribution is -2.35. The number of nitrogens with zero attached hydrogens (tertiary/aromatic N) is 1. The summed E-state index contributed by atoms with van der Waals surface area (Å²) in [5, 5.41) is -0.590. The lowest BCUT2D eigenvalue weighted by atomic mass is 10.2. The number of methoxy groups -OCH3 is 1. The van der Waals surface area contributed by atoms with Crippen LogP contribution < -0.4 is 8.92 Å². The van der Waals surface area contributed by atoms with Crippen LogP contribution in [0.2, 0.25) is 0 Å². The lowest BCUT2D eigenvalue weighted by molar-refractivity contribution is -0.149. The van der Waals surface area contributed by atoms with Crippen LogP contribution in [0.25, 0.3) is 6.08 Å². The van der Waals surface area contributed by atoms with Gasteiger partial charge in [0.1, 0.15) is 11.4 Å². The zero-order valence-corrected chi connectivity index (χ0v) is 20.6. The molecule has 0 aromatic heterocycles. The van der Waals surface area contributed by atoms with Gasteiger partial charge in [-0.2, -0.15) is 8.42 Å². The van der Waals surface area contributed by atoms with Crippen LogP contribution >= 0.6 is 11.8 Å². The number of ether oxygens (including phenoxy) is 2. The number of benzene rings is 2. The number of imide groups is 1. The summed E-state index contributed by atoms with van der Waals surface area (Å²) in [6.45, 7) is 4.69. The maximum absolute atomic E-state index is 12.6. The molecule has 9 nitrogen and oxygen atoms in total. The molecule has 0 aliphatic carbocycles. The monoisotopic (exact) mass is 505 g/mol. The van der Waals surface area contributed by atoms with Gasteiger partial charge in [-0.25, -0.2) is 0 Å². The molecule has 0 atom stereocenters. The highest BCUT2D eigenvalue weighted by atomic mass is 32.2. The number of rotatable bonds is 8. The third-order valence-corrected chi connectivity index (χ3v) is 6.68. The second-order valence-corrected chi connectivity index (χ2v) is 10.1. The van der Waals surface area contributed by atoms with Crippen molar-refractivity contribution in [3.8, 4) is 11.5 Å². The predicted molar refractivity (Wildman–Crippen MR) is 126 cm³/mol. The highest BCUT2D eigenvalue weighted by Crippen LogP contribution is 2.35. The number of carbonyl (C=O) groups is 3. The van der Waals surface area contributed by atoms with E-state index in [-0.39, 0.29) is 27.4 Å². The Bertz CT molecular complexity index is 1250. The Kier molecular flexibility index (Phi) is 7.68. The zero-order valence-electron chi connectivity index (χ0n) is 18.9. The molecule has 11 heteroatoms. The average molecular weight is 506 g/mol. The zero-order chi connectivity index (χ0) is 25.0. The highest BCUT2D eigenvalue weighted by Gasteiger charge is 2.36. The van der Waals surface area contributed by atoms with Crippen molar-refractivity contribution >= 4 is 45.1 Å². The second-order valence-electron chi connectivity index (χ2n) is 7.57. The quantitative estimate of drug-likeness (QED) is 0.300. The molecule has 0 spiro atoms. The van der Waals surface area contributed by atoms with Gasteiger partial charge in [0.25, 0.3) is 11.1 Å². The molecule has 1 aliphatic rings. The molecule has 0 saturated carbocycles. The molecule has 34 heavy (non-hydrogen) atoms. The van der Waals surface area contributed by atoms with E-state index in [2.05, 4.69) is 0 Å². The molecule has 1 fully saturated rings. The first-order valence-electron chi connectivity index (χ1n) is 10.1. The van der Waals surface area contributed by atoms with Crippen molar-refractivity contribution in [2.75, 3.05) is 13.7 Å². The Hall–Kier alpha value is -3.31. The van der Waals surface area contributed by atoms with Gasteiger partial charge >= 0.3 is 16.1 Å². The summed E-state index contributed by atoms with van der Waals surface area (Å²) in [7, 11) is -2.74. The topological polar surface area (TPSA) is 116 Å². The standard InChI is InChI=1S/C23H23NO8S2/c1-14(2)31-21(25)13-24-22(26)20(33-23(24)27)12-16-7-10-18(19(11-16)30-4)32-34(28,29)17-8-5-15(3)6-9-17/h5-12,14H,13H2,1-4H3/b20-12-. The van der Waals surface area contributed by atoms with Crippen LogP contribution in [0.5, 0.6) is 11.5 Å². The molecular formula is C23H23NO8S2. The van der Waals surface area contributed by atoms with Crippen LogP contribution in [0.15, 0.2) is 52.3 Å². The molecule has 0 radical (unpaired) electrons. The van der Waals surface area contributed by atoms with Crippen molar-refractivity contribution in [3.63, 3.8) is 0 Å². The van der Waals surface area contributed by atoms with Crippen molar-refractivity contribution in [3.05, 3.63) is 58.5 Å². The molecule has 3 rings (SSSR count). The Balaban J connectivity index is 1.80. The van der Waals surface area contributed by atoms with E-state index in [1.807, 2.05) is 6.92 Å². The second kappa shape index (κ2) is 10.3. The van der Waals surface area contributed by atoms with Gasteiger partial charge in [0.05, 0.1) is 18.1 Å². The molecule has 0 N–H and O–H groups in total. The summed E-state index contributed by atoms with van der Waals surface area (Å²) < 4.78 is 40.7. The first kappa shape index (κ1) is 25.3. The van der Waals surface area contributed by atoms with E-state index in [1.54, 1.807) is 26.0 Å². The molecule has 0 bridgehead atoms. The van der Waals surface area contributed by atoms with E-state index >= 15 is 0 Å². The minimum Gasteiger partial charge on any atom is -0.493 e. The van der Waals surface area contributed by atoms with Gasteiger partial charge in [0, 0.05) is 0 Å². The largest absolute Gasteiger partial charge is 0.493 e. The van der Waals surface area contributed by atoms with Crippen LogP contribution in [-0.4, -0.2) is 50.2 Å². The molecule has 180 valence electrons. The number of esters is 1. The SMILES string of the molecule is COc1cc(/C=C2\SC(=O)N(CC(=O)OC(C)C)C2=O)ccc1OS(=O)(=O)c1ccc(C)cc1. The van der Waals surface area contributed by atoms with Gasteiger partial charge in [0.15, 0.2) is 11.5 Å². The van der Waals surface area contributed by atoms with Crippen LogP contribution in [0.3, 0.4) is 0 Å². The van der Waals surface area contributed by atoms with Crippen LogP contribution in [-0.2, 0) is 24.4 Å². The molecule has 2 amide bonds. The Morgan fingerprint density at radius 2 is 1.76 bits per heavy atom. The third-order valence-electron chi connectivity index (χ3n) is 4.52. The summed E-state index contributed by atoms with van der Waals surface area (Å²) in [5.74, 6) is -1.23. The fourth-order valence-corrected chi connectivity index (χ4v) is 4.71. The number of thioether (sulfide) groups is 1. The van der Waals surface area contributed by atoms with Gasteiger partial charge in [-0.05, 0) is 68.4 Å². The van der Waals surface area contributed by atoms with Crippen LogP contribution in [0, 0.1) is 6.92 Å². The number of hydrogen-bond acceptors (Lipinski definition) is 9. The average Bonchev–Trinajstić information content (AvgIpc) is 3.01. The minimum atomic E-state index is -4.09. The van der Waals surface area contributed by atoms with Gasteiger partial charge in [-0.15, -0.1) is 0 Å². The normalized spacial score (nSPS) is 15.2. The summed E-state index contributed by atoms with van der Waals surface area (Å²) in [4.78, 5) is 37.6. The van der Waals surface area contributed by atoms with Crippen molar-refractivity contribution in [1.29, 1.82) is 0 Å². The van der Waals surface area contributed by atoms with E-state index in [4.69, 9.17) is 13.7 Å². The Labute approximate surface area is 201 Å². The highest BCUT2D eigenvalue weighted by molar-refractivity contribution is 8.18. The minimum absolute atomic E-state index is 0.00565. The smallest absolute Gasteiger partial charge is 0.339 e. The molecule has 2 aromatic rings. The molecule has 1 heterocycles. The maximum atomic E-state index is 12.6. The first-order chi connectivity index (χ1) is 16.0. The van der Waals surface area contributed by atoms with Crippen LogP contribution in [0.1, 0.15) is 25.0 Å². The molecule has 0 unspecified atom stereocenters. The summed E-state index contributed by atoms with van der Waals surface area (Å²) in [6.07, 6.45) is 1.07. The Morgan fingerprint density at radius 1 is 1.09 bits per heavy atom.